The summed E-state index contributed by atoms with van der Waals surface area (Å²) in [4.78, 5) is 17.6. The van der Waals surface area contributed by atoms with Crippen LogP contribution in [0.1, 0.15) is 78.7 Å². The van der Waals surface area contributed by atoms with Gasteiger partial charge < -0.3 is 10.5 Å². The van der Waals surface area contributed by atoms with Crippen molar-refractivity contribution in [2.45, 2.75) is 63.8 Å². The Morgan fingerprint density at radius 2 is 2.05 bits per heavy atom. The van der Waals surface area contributed by atoms with Crippen molar-refractivity contribution >= 4 is 17.3 Å². The number of esters is 1. The number of carbonyl (C=O) groups is 1. The summed E-state index contributed by atoms with van der Waals surface area (Å²) >= 11 is 1.47. The molecule has 116 valence electrons. The van der Waals surface area contributed by atoms with E-state index in [-0.39, 0.29) is 11.5 Å². The van der Waals surface area contributed by atoms with E-state index >= 15 is 0 Å². The van der Waals surface area contributed by atoms with Gasteiger partial charge in [0.15, 0.2) is 0 Å². The van der Waals surface area contributed by atoms with E-state index in [0.29, 0.717) is 17.4 Å². The lowest BCUT2D eigenvalue weighted by Crippen LogP contribution is -2.40. The highest BCUT2D eigenvalue weighted by atomic mass is 32.1. The van der Waals surface area contributed by atoms with E-state index in [9.17, 15) is 4.79 Å². The Morgan fingerprint density at radius 1 is 1.38 bits per heavy atom. The summed E-state index contributed by atoms with van der Waals surface area (Å²) < 4.78 is 5.19. The van der Waals surface area contributed by atoms with E-state index in [1.807, 2.05) is 6.92 Å². The molecule has 0 saturated heterocycles. The molecule has 2 aliphatic carbocycles. The minimum absolute atomic E-state index is 0.226. The van der Waals surface area contributed by atoms with Crippen LogP contribution >= 0.6 is 11.3 Å². The van der Waals surface area contributed by atoms with Gasteiger partial charge in [-0.2, -0.15) is 0 Å². The highest BCUT2D eigenvalue weighted by Gasteiger charge is 2.39. The largest absolute Gasteiger partial charge is 0.462 e. The molecule has 3 rings (SSSR count). The molecule has 4 nitrogen and oxygen atoms in total. The van der Waals surface area contributed by atoms with Crippen LogP contribution in [0.25, 0.3) is 0 Å². The SMILES string of the molecule is CCOC(=O)c1sc(C2(N)CCC(C)CC2)nc1C1CC1. The average molecular weight is 308 g/mol. The summed E-state index contributed by atoms with van der Waals surface area (Å²) in [5.74, 6) is 0.963. The maximum atomic E-state index is 12.2. The van der Waals surface area contributed by atoms with E-state index in [2.05, 4.69) is 6.92 Å². The van der Waals surface area contributed by atoms with E-state index < -0.39 is 0 Å². The molecule has 0 aromatic carbocycles. The van der Waals surface area contributed by atoms with Crippen LogP contribution in [0.2, 0.25) is 0 Å². The molecule has 0 radical (unpaired) electrons. The van der Waals surface area contributed by atoms with Crippen molar-refractivity contribution in [1.82, 2.24) is 4.98 Å². The zero-order chi connectivity index (χ0) is 15.0. The molecule has 21 heavy (non-hydrogen) atoms. The predicted molar refractivity (Wildman–Crippen MR) is 83.5 cm³/mol. The first-order valence-corrected chi connectivity index (χ1v) is 8.82. The summed E-state index contributed by atoms with van der Waals surface area (Å²) in [6.07, 6.45) is 6.48. The Hall–Kier alpha value is -0.940. The number of thiazole rings is 1. The summed E-state index contributed by atoms with van der Waals surface area (Å²) in [5.41, 5.74) is 7.22. The molecular formula is C16H24N2O2S. The van der Waals surface area contributed by atoms with Gasteiger partial charge in [-0.1, -0.05) is 6.92 Å². The first kappa shape index (κ1) is 15.0. The standard InChI is InChI=1S/C16H24N2O2S/c1-3-20-14(19)13-12(11-4-5-11)18-15(21-13)16(17)8-6-10(2)7-9-16/h10-11H,3-9,17H2,1-2H3. The van der Waals surface area contributed by atoms with Crippen LogP contribution in [-0.4, -0.2) is 17.6 Å². The molecule has 1 heterocycles. The van der Waals surface area contributed by atoms with Crippen molar-refractivity contribution in [3.8, 4) is 0 Å². The van der Waals surface area contributed by atoms with Crippen molar-refractivity contribution in [3.05, 3.63) is 15.6 Å². The van der Waals surface area contributed by atoms with Gasteiger partial charge in [0.1, 0.15) is 9.88 Å². The number of hydrogen-bond acceptors (Lipinski definition) is 5. The van der Waals surface area contributed by atoms with Gasteiger partial charge in [0.25, 0.3) is 0 Å². The minimum Gasteiger partial charge on any atom is -0.462 e. The maximum absolute atomic E-state index is 12.2. The Morgan fingerprint density at radius 3 is 2.62 bits per heavy atom. The molecular weight excluding hydrogens is 284 g/mol. The number of carbonyl (C=O) groups excluding carboxylic acids is 1. The molecule has 0 bridgehead atoms. The number of hydrogen-bond donors (Lipinski definition) is 1. The molecule has 5 heteroatoms. The first-order chi connectivity index (χ1) is 10.0. The van der Waals surface area contributed by atoms with Gasteiger partial charge in [0.2, 0.25) is 0 Å². The number of aromatic nitrogens is 1. The minimum atomic E-state index is -0.342. The van der Waals surface area contributed by atoms with E-state index in [0.717, 1.165) is 55.1 Å². The molecule has 0 atom stereocenters. The summed E-state index contributed by atoms with van der Waals surface area (Å²) in [7, 11) is 0. The Labute approximate surface area is 130 Å². The molecule has 1 aromatic heterocycles. The lowest BCUT2D eigenvalue weighted by Gasteiger charge is -2.34. The highest BCUT2D eigenvalue weighted by Crippen LogP contribution is 2.46. The van der Waals surface area contributed by atoms with E-state index in [4.69, 9.17) is 15.5 Å². The Kier molecular flexibility index (Phi) is 4.06. The van der Waals surface area contributed by atoms with Crippen LogP contribution in [0.3, 0.4) is 0 Å². The zero-order valence-corrected chi connectivity index (χ0v) is 13.7. The third-order valence-electron chi connectivity index (χ3n) is 4.67. The predicted octanol–water partition coefficient (Wildman–Crippen LogP) is 3.56. The van der Waals surface area contributed by atoms with Crippen LogP contribution < -0.4 is 5.73 Å². The molecule has 0 aliphatic heterocycles. The topological polar surface area (TPSA) is 65.2 Å². The third kappa shape index (κ3) is 2.99. The molecule has 2 saturated carbocycles. The average Bonchev–Trinajstić information content (AvgIpc) is 3.21. The fourth-order valence-corrected chi connectivity index (χ4v) is 4.22. The molecule has 0 unspecified atom stereocenters. The fourth-order valence-electron chi connectivity index (χ4n) is 3.01. The molecule has 2 N–H and O–H groups in total. The normalized spacial score (nSPS) is 29.4. The zero-order valence-electron chi connectivity index (χ0n) is 12.9. The molecule has 2 fully saturated rings. The number of nitrogens with two attached hydrogens (primary N) is 1. The van der Waals surface area contributed by atoms with Crippen LogP contribution in [0.4, 0.5) is 0 Å². The van der Waals surface area contributed by atoms with Crippen molar-refractivity contribution < 1.29 is 9.53 Å². The second-order valence-corrected chi connectivity index (χ2v) is 7.57. The molecule has 0 spiro atoms. The second-order valence-electron chi connectivity index (χ2n) is 6.57. The lowest BCUT2D eigenvalue weighted by atomic mass is 9.78. The van der Waals surface area contributed by atoms with Gasteiger partial charge in [0, 0.05) is 5.92 Å². The van der Waals surface area contributed by atoms with Gasteiger partial charge in [-0.3, -0.25) is 0 Å². The maximum Gasteiger partial charge on any atom is 0.350 e. The summed E-state index contributed by atoms with van der Waals surface area (Å²) in [5, 5.41) is 0.944. The van der Waals surface area contributed by atoms with Gasteiger partial charge in [-0.05, 0) is 51.4 Å². The van der Waals surface area contributed by atoms with Crippen molar-refractivity contribution in [2.75, 3.05) is 6.61 Å². The van der Waals surface area contributed by atoms with E-state index in [1.165, 1.54) is 11.3 Å². The smallest absolute Gasteiger partial charge is 0.350 e. The van der Waals surface area contributed by atoms with Gasteiger partial charge in [0.05, 0.1) is 17.8 Å². The van der Waals surface area contributed by atoms with Crippen molar-refractivity contribution in [3.63, 3.8) is 0 Å². The van der Waals surface area contributed by atoms with Gasteiger partial charge in [-0.25, -0.2) is 9.78 Å². The van der Waals surface area contributed by atoms with Crippen LogP contribution in [-0.2, 0) is 10.3 Å². The highest BCUT2D eigenvalue weighted by molar-refractivity contribution is 7.13. The fraction of sp³-hybridized carbons (Fsp3) is 0.750. The van der Waals surface area contributed by atoms with Crippen molar-refractivity contribution in [2.24, 2.45) is 11.7 Å². The second kappa shape index (κ2) is 5.69. The first-order valence-electron chi connectivity index (χ1n) is 8.00. The number of rotatable bonds is 4. The van der Waals surface area contributed by atoms with E-state index in [1.54, 1.807) is 0 Å². The molecule has 0 amide bonds. The Bertz CT molecular complexity index is 528. The van der Waals surface area contributed by atoms with Crippen LogP contribution in [0.5, 0.6) is 0 Å². The quantitative estimate of drug-likeness (QED) is 0.864. The molecule has 2 aliphatic rings. The molecule has 1 aromatic rings. The summed E-state index contributed by atoms with van der Waals surface area (Å²) in [6.45, 7) is 4.52. The number of ether oxygens (including phenoxy) is 1. The van der Waals surface area contributed by atoms with Crippen LogP contribution in [0, 0.1) is 5.92 Å². The summed E-state index contributed by atoms with van der Waals surface area (Å²) in [6, 6.07) is 0. The van der Waals surface area contributed by atoms with Crippen LogP contribution in [0.15, 0.2) is 0 Å². The van der Waals surface area contributed by atoms with Gasteiger partial charge in [-0.15, -0.1) is 11.3 Å². The lowest BCUT2D eigenvalue weighted by molar-refractivity contribution is 0.0530. The monoisotopic (exact) mass is 308 g/mol. The van der Waals surface area contributed by atoms with Gasteiger partial charge >= 0.3 is 5.97 Å². The third-order valence-corrected chi connectivity index (χ3v) is 5.94. The van der Waals surface area contributed by atoms with Crippen molar-refractivity contribution in [1.29, 1.82) is 0 Å². The number of nitrogens with zero attached hydrogens (tertiary/aromatic N) is 1. The Balaban J connectivity index is 1.89.